The quantitative estimate of drug-likeness (QED) is 0.635. The molecule has 0 aliphatic carbocycles. The molecule has 6 heteroatoms. The number of thioether (sulfide) groups is 1. The summed E-state index contributed by atoms with van der Waals surface area (Å²) in [5.41, 5.74) is 0. The average molecular weight is 228 g/mol. The van der Waals surface area contributed by atoms with Crippen LogP contribution in [-0.4, -0.2) is 16.7 Å². The van der Waals surface area contributed by atoms with Gasteiger partial charge in [0.1, 0.15) is 16.1 Å². The number of furan rings is 1. The van der Waals surface area contributed by atoms with Crippen LogP contribution in [0.2, 0.25) is 0 Å². The SMILES string of the molecule is CCC1CSC(c2ccc([N+](=O)[O-])o2)N1. The van der Waals surface area contributed by atoms with Gasteiger partial charge in [-0.05, 0) is 12.5 Å². The highest BCUT2D eigenvalue weighted by Crippen LogP contribution is 2.35. The Bertz CT molecular complexity index is 366. The molecule has 2 rings (SSSR count). The second-order valence-corrected chi connectivity index (χ2v) is 4.56. The van der Waals surface area contributed by atoms with Crippen molar-refractivity contribution in [2.45, 2.75) is 24.8 Å². The molecule has 1 fully saturated rings. The number of hydrogen-bond donors (Lipinski definition) is 1. The van der Waals surface area contributed by atoms with Gasteiger partial charge in [-0.15, -0.1) is 11.8 Å². The van der Waals surface area contributed by atoms with Gasteiger partial charge in [-0.1, -0.05) is 6.92 Å². The highest BCUT2D eigenvalue weighted by atomic mass is 32.2. The van der Waals surface area contributed by atoms with Crippen LogP contribution in [0.4, 0.5) is 5.88 Å². The number of hydrogen-bond acceptors (Lipinski definition) is 5. The lowest BCUT2D eigenvalue weighted by atomic mass is 10.2. The zero-order chi connectivity index (χ0) is 10.8. The average Bonchev–Trinajstić information content (AvgIpc) is 2.86. The minimum atomic E-state index is -0.513. The molecular weight excluding hydrogens is 216 g/mol. The summed E-state index contributed by atoms with van der Waals surface area (Å²) in [6, 6.07) is 3.54. The van der Waals surface area contributed by atoms with Crippen LogP contribution in [-0.2, 0) is 0 Å². The maximum absolute atomic E-state index is 10.4. The van der Waals surface area contributed by atoms with Gasteiger partial charge in [0.25, 0.3) is 0 Å². The van der Waals surface area contributed by atoms with E-state index in [1.165, 1.54) is 6.07 Å². The van der Waals surface area contributed by atoms with E-state index in [4.69, 9.17) is 4.42 Å². The maximum Gasteiger partial charge on any atom is 0.433 e. The summed E-state index contributed by atoms with van der Waals surface area (Å²) in [6.07, 6.45) is 1.06. The molecule has 82 valence electrons. The molecule has 2 unspecified atom stereocenters. The van der Waals surface area contributed by atoms with E-state index < -0.39 is 4.92 Å². The van der Waals surface area contributed by atoms with Crippen molar-refractivity contribution in [1.29, 1.82) is 0 Å². The Morgan fingerprint density at radius 1 is 1.73 bits per heavy atom. The smallest absolute Gasteiger partial charge is 0.403 e. The highest BCUT2D eigenvalue weighted by molar-refractivity contribution is 7.99. The van der Waals surface area contributed by atoms with Crippen molar-refractivity contribution in [3.63, 3.8) is 0 Å². The van der Waals surface area contributed by atoms with Crippen molar-refractivity contribution in [3.05, 3.63) is 28.0 Å². The Morgan fingerprint density at radius 3 is 3.07 bits per heavy atom. The minimum absolute atomic E-state index is 0.0589. The third kappa shape index (κ3) is 2.15. The maximum atomic E-state index is 10.4. The van der Waals surface area contributed by atoms with Gasteiger partial charge in [-0.3, -0.25) is 15.4 Å². The first-order valence-corrected chi connectivity index (χ1v) is 5.87. The molecule has 2 atom stereocenters. The van der Waals surface area contributed by atoms with Crippen LogP contribution < -0.4 is 5.32 Å². The fraction of sp³-hybridized carbons (Fsp3) is 0.556. The number of rotatable bonds is 3. The molecule has 1 aromatic heterocycles. The lowest BCUT2D eigenvalue weighted by Crippen LogP contribution is -2.24. The van der Waals surface area contributed by atoms with E-state index in [0.29, 0.717) is 11.8 Å². The lowest BCUT2D eigenvalue weighted by Gasteiger charge is -2.08. The number of nitrogens with zero attached hydrogens (tertiary/aromatic N) is 1. The fourth-order valence-electron chi connectivity index (χ4n) is 1.50. The third-order valence-electron chi connectivity index (χ3n) is 2.39. The first kappa shape index (κ1) is 10.5. The van der Waals surface area contributed by atoms with Crippen LogP contribution in [0, 0.1) is 10.1 Å². The first-order valence-electron chi connectivity index (χ1n) is 4.82. The summed E-state index contributed by atoms with van der Waals surface area (Å²) in [7, 11) is 0. The Hall–Kier alpha value is -1.01. The molecule has 0 radical (unpaired) electrons. The molecule has 0 spiro atoms. The van der Waals surface area contributed by atoms with Crippen LogP contribution in [0.25, 0.3) is 0 Å². The molecule has 0 bridgehead atoms. The zero-order valence-electron chi connectivity index (χ0n) is 8.30. The van der Waals surface area contributed by atoms with Crippen molar-refractivity contribution in [2.24, 2.45) is 0 Å². The van der Waals surface area contributed by atoms with E-state index in [0.717, 1.165) is 12.2 Å². The lowest BCUT2D eigenvalue weighted by molar-refractivity contribution is -0.402. The topological polar surface area (TPSA) is 68.3 Å². The fourth-order valence-corrected chi connectivity index (χ4v) is 2.84. The van der Waals surface area contributed by atoms with Gasteiger partial charge in [-0.25, -0.2) is 0 Å². The summed E-state index contributed by atoms with van der Waals surface area (Å²) in [6.45, 7) is 2.12. The molecule has 1 aliphatic rings. The summed E-state index contributed by atoms with van der Waals surface area (Å²) in [4.78, 5) is 9.92. The van der Waals surface area contributed by atoms with Crippen LogP contribution in [0.1, 0.15) is 24.5 Å². The molecule has 1 aromatic rings. The second kappa shape index (κ2) is 4.24. The van der Waals surface area contributed by atoms with Crippen LogP contribution in [0.3, 0.4) is 0 Å². The Labute approximate surface area is 91.4 Å². The minimum Gasteiger partial charge on any atom is -0.403 e. The van der Waals surface area contributed by atoms with E-state index in [9.17, 15) is 10.1 Å². The van der Waals surface area contributed by atoms with E-state index in [1.54, 1.807) is 17.8 Å². The summed E-state index contributed by atoms with van der Waals surface area (Å²) in [5.74, 6) is 1.48. The monoisotopic (exact) mass is 228 g/mol. The molecule has 1 N–H and O–H groups in total. The van der Waals surface area contributed by atoms with Crippen LogP contribution in [0.5, 0.6) is 0 Å². The highest BCUT2D eigenvalue weighted by Gasteiger charge is 2.27. The largest absolute Gasteiger partial charge is 0.433 e. The summed E-state index contributed by atoms with van der Waals surface area (Å²) < 4.78 is 5.14. The molecule has 15 heavy (non-hydrogen) atoms. The molecule has 1 aliphatic heterocycles. The van der Waals surface area contributed by atoms with Crippen molar-refractivity contribution < 1.29 is 9.34 Å². The molecule has 0 amide bonds. The summed E-state index contributed by atoms with van der Waals surface area (Å²) >= 11 is 1.73. The molecular formula is C9H12N2O3S. The molecule has 0 saturated carbocycles. The summed E-state index contributed by atoms with van der Waals surface area (Å²) in [5, 5.41) is 13.8. The van der Waals surface area contributed by atoms with Gasteiger partial charge in [0.05, 0.1) is 6.07 Å². The normalized spacial score (nSPS) is 25.7. The Balaban J connectivity index is 2.07. The molecule has 0 aromatic carbocycles. The van der Waals surface area contributed by atoms with Crippen molar-refractivity contribution in [3.8, 4) is 0 Å². The van der Waals surface area contributed by atoms with Gasteiger partial charge < -0.3 is 4.42 Å². The van der Waals surface area contributed by atoms with E-state index in [1.807, 2.05) is 0 Å². The van der Waals surface area contributed by atoms with Gasteiger partial charge in [0.2, 0.25) is 0 Å². The van der Waals surface area contributed by atoms with Gasteiger partial charge >= 0.3 is 5.88 Å². The van der Waals surface area contributed by atoms with E-state index in [2.05, 4.69) is 12.2 Å². The standard InChI is InChI=1S/C9H12N2O3S/c1-2-6-5-15-9(10-6)7-3-4-8(14-7)11(12)13/h3-4,6,9-10H,2,5H2,1H3. The van der Waals surface area contributed by atoms with Gasteiger partial charge in [0.15, 0.2) is 0 Å². The Morgan fingerprint density at radius 2 is 2.53 bits per heavy atom. The first-order chi connectivity index (χ1) is 7.20. The van der Waals surface area contributed by atoms with Crippen molar-refractivity contribution in [2.75, 3.05) is 5.75 Å². The molecule has 1 saturated heterocycles. The van der Waals surface area contributed by atoms with Gasteiger partial charge in [-0.2, -0.15) is 0 Å². The molecule has 2 heterocycles. The van der Waals surface area contributed by atoms with Crippen molar-refractivity contribution in [1.82, 2.24) is 5.32 Å². The predicted molar refractivity (Wildman–Crippen MR) is 57.8 cm³/mol. The van der Waals surface area contributed by atoms with Crippen molar-refractivity contribution >= 4 is 17.6 Å². The molecule has 5 nitrogen and oxygen atoms in total. The van der Waals surface area contributed by atoms with Crippen LogP contribution >= 0.6 is 11.8 Å². The van der Waals surface area contributed by atoms with E-state index >= 15 is 0 Å². The van der Waals surface area contributed by atoms with Crippen LogP contribution in [0.15, 0.2) is 16.5 Å². The third-order valence-corrected chi connectivity index (χ3v) is 3.69. The Kier molecular flexibility index (Phi) is 2.97. The zero-order valence-corrected chi connectivity index (χ0v) is 9.12. The van der Waals surface area contributed by atoms with E-state index in [-0.39, 0.29) is 11.3 Å². The predicted octanol–water partition coefficient (Wildman–Crippen LogP) is 2.30. The second-order valence-electron chi connectivity index (χ2n) is 3.42. The number of nitrogens with one attached hydrogen (secondary N) is 1. The van der Waals surface area contributed by atoms with Gasteiger partial charge in [0, 0.05) is 11.8 Å². The number of nitro groups is 1.